The van der Waals surface area contributed by atoms with Crippen LogP contribution in [-0.4, -0.2) is 55.0 Å². The number of piperazine rings is 1. The molecule has 0 aromatic heterocycles. The molecular formula is C14H26N2O3. The summed E-state index contributed by atoms with van der Waals surface area (Å²) < 4.78 is 11.1. The summed E-state index contributed by atoms with van der Waals surface area (Å²) in [7, 11) is 0. The molecule has 110 valence electrons. The fraction of sp³-hybridized carbons (Fsp3) is 0.929. The third-order valence-corrected chi connectivity index (χ3v) is 3.31. The van der Waals surface area contributed by atoms with Crippen LogP contribution in [0.3, 0.4) is 0 Å². The Labute approximate surface area is 115 Å². The van der Waals surface area contributed by atoms with Crippen LogP contribution in [0.4, 0.5) is 4.79 Å². The molecule has 1 aliphatic carbocycles. The molecule has 1 aliphatic heterocycles. The Kier molecular flexibility index (Phi) is 4.68. The first-order valence-corrected chi connectivity index (χ1v) is 7.27. The Morgan fingerprint density at radius 3 is 2.74 bits per heavy atom. The first-order chi connectivity index (χ1) is 8.96. The third kappa shape index (κ3) is 4.99. The van der Waals surface area contributed by atoms with Crippen LogP contribution < -0.4 is 5.32 Å². The summed E-state index contributed by atoms with van der Waals surface area (Å²) in [5.74, 6) is 0. The standard InChI is InChI=1S/C14H26N2O3/c1-14(2,3)19-13(17)16-8-7-15-10-11(16)6-9-18-12-4-5-12/h11-12,15H,4-10H2,1-3H3/t11-/m0/s1. The lowest BCUT2D eigenvalue weighted by Crippen LogP contribution is -2.55. The molecule has 1 saturated carbocycles. The van der Waals surface area contributed by atoms with Crippen molar-refractivity contribution in [2.45, 2.75) is 57.8 Å². The number of amides is 1. The van der Waals surface area contributed by atoms with Crippen molar-refractivity contribution in [2.75, 3.05) is 26.2 Å². The summed E-state index contributed by atoms with van der Waals surface area (Å²) in [6, 6.07) is 0.183. The van der Waals surface area contributed by atoms with E-state index in [1.165, 1.54) is 12.8 Å². The number of nitrogens with one attached hydrogen (secondary N) is 1. The maximum absolute atomic E-state index is 12.2. The molecule has 1 heterocycles. The van der Waals surface area contributed by atoms with Gasteiger partial charge in [0.2, 0.25) is 0 Å². The Morgan fingerprint density at radius 1 is 1.37 bits per heavy atom. The van der Waals surface area contributed by atoms with Gasteiger partial charge in [0.1, 0.15) is 5.60 Å². The van der Waals surface area contributed by atoms with E-state index in [1.807, 2.05) is 25.7 Å². The summed E-state index contributed by atoms with van der Waals surface area (Å²) in [6.45, 7) is 8.81. The second-order valence-electron chi connectivity index (χ2n) is 6.39. The maximum Gasteiger partial charge on any atom is 0.410 e. The number of carbonyl (C=O) groups excluding carboxylic acids is 1. The van der Waals surface area contributed by atoms with Crippen molar-refractivity contribution in [2.24, 2.45) is 0 Å². The van der Waals surface area contributed by atoms with Crippen LogP contribution in [0.1, 0.15) is 40.0 Å². The SMILES string of the molecule is CC(C)(C)OC(=O)N1CCNC[C@@H]1CCOC1CC1. The van der Waals surface area contributed by atoms with E-state index in [0.29, 0.717) is 12.6 Å². The molecule has 19 heavy (non-hydrogen) atoms. The number of hydrogen-bond donors (Lipinski definition) is 1. The lowest BCUT2D eigenvalue weighted by Gasteiger charge is -2.37. The van der Waals surface area contributed by atoms with Crippen LogP contribution in [0, 0.1) is 0 Å². The highest BCUT2D eigenvalue weighted by atomic mass is 16.6. The minimum Gasteiger partial charge on any atom is -0.444 e. The van der Waals surface area contributed by atoms with Crippen LogP contribution in [0.2, 0.25) is 0 Å². The molecule has 1 atom stereocenters. The Bertz CT molecular complexity index is 310. The van der Waals surface area contributed by atoms with Crippen molar-refractivity contribution in [3.8, 4) is 0 Å². The topological polar surface area (TPSA) is 50.8 Å². The molecule has 1 amide bonds. The van der Waals surface area contributed by atoms with Crippen LogP contribution in [0.25, 0.3) is 0 Å². The van der Waals surface area contributed by atoms with E-state index in [2.05, 4.69) is 5.32 Å². The molecule has 0 radical (unpaired) electrons. The highest BCUT2D eigenvalue weighted by Crippen LogP contribution is 2.24. The van der Waals surface area contributed by atoms with Gasteiger partial charge in [-0.15, -0.1) is 0 Å². The van der Waals surface area contributed by atoms with Crippen LogP contribution in [-0.2, 0) is 9.47 Å². The molecule has 1 N–H and O–H groups in total. The van der Waals surface area contributed by atoms with Crippen molar-refractivity contribution in [1.29, 1.82) is 0 Å². The van der Waals surface area contributed by atoms with Gasteiger partial charge < -0.3 is 19.7 Å². The summed E-state index contributed by atoms with van der Waals surface area (Å²) in [4.78, 5) is 14.0. The molecule has 0 spiro atoms. The highest BCUT2D eigenvalue weighted by molar-refractivity contribution is 5.68. The van der Waals surface area contributed by atoms with E-state index >= 15 is 0 Å². The molecule has 0 unspecified atom stereocenters. The number of carbonyl (C=O) groups is 1. The van der Waals surface area contributed by atoms with Crippen molar-refractivity contribution < 1.29 is 14.3 Å². The summed E-state index contributed by atoms with van der Waals surface area (Å²) in [5.41, 5.74) is -0.434. The molecule has 0 aromatic rings. The second-order valence-corrected chi connectivity index (χ2v) is 6.39. The number of rotatable bonds is 4. The first kappa shape index (κ1) is 14.6. The molecule has 0 bridgehead atoms. The smallest absolute Gasteiger partial charge is 0.410 e. The Morgan fingerprint density at radius 2 is 2.11 bits per heavy atom. The normalized spacial score (nSPS) is 24.4. The van der Waals surface area contributed by atoms with Gasteiger partial charge in [0, 0.05) is 32.3 Å². The zero-order valence-corrected chi connectivity index (χ0v) is 12.3. The zero-order valence-electron chi connectivity index (χ0n) is 12.3. The van der Waals surface area contributed by atoms with E-state index in [4.69, 9.17) is 9.47 Å². The maximum atomic E-state index is 12.2. The molecule has 5 nitrogen and oxygen atoms in total. The zero-order chi connectivity index (χ0) is 13.9. The van der Waals surface area contributed by atoms with Crippen molar-refractivity contribution in [3.05, 3.63) is 0 Å². The van der Waals surface area contributed by atoms with Crippen molar-refractivity contribution in [3.63, 3.8) is 0 Å². The molecule has 0 aromatic carbocycles. The first-order valence-electron chi connectivity index (χ1n) is 7.27. The van der Waals surface area contributed by atoms with E-state index in [0.717, 1.165) is 26.1 Å². The quantitative estimate of drug-likeness (QED) is 0.846. The Hall–Kier alpha value is -0.810. The molecule has 2 aliphatic rings. The lowest BCUT2D eigenvalue weighted by atomic mass is 10.1. The van der Waals surface area contributed by atoms with Gasteiger partial charge in [-0.25, -0.2) is 4.79 Å². The van der Waals surface area contributed by atoms with Crippen LogP contribution in [0.15, 0.2) is 0 Å². The van der Waals surface area contributed by atoms with Gasteiger partial charge in [-0.05, 0) is 40.0 Å². The molecule has 2 rings (SSSR count). The predicted molar refractivity (Wildman–Crippen MR) is 73.2 cm³/mol. The number of hydrogen-bond acceptors (Lipinski definition) is 4. The summed E-state index contributed by atoms with van der Waals surface area (Å²) in [5, 5.41) is 3.33. The molecule has 5 heteroatoms. The van der Waals surface area contributed by atoms with E-state index in [9.17, 15) is 4.79 Å². The number of ether oxygens (including phenoxy) is 2. The van der Waals surface area contributed by atoms with Crippen LogP contribution in [0.5, 0.6) is 0 Å². The minimum absolute atomic E-state index is 0.183. The fourth-order valence-electron chi connectivity index (χ4n) is 2.19. The fourth-order valence-corrected chi connectivity index (χ4v) is 2.19. The molecule has 2 fully saturated rings. The van der Waals surface area contributed by atoms with Gasteiger partial charge >= 0.3 is 6.09 Å². The highest BCUT2D eigenvalue weighted by Gasteiger charge is 2.30. The molecular weight excluding hydrogens is 244 g/mol. The molecule has 1 saturated heterocycles. The van der Waals surface area contributed by atoms with Gasteiger partial charge in [0.25, 0.3) is 0 Å². The lowest BCUT2D eigenvalue weighted by molar-refractivity contribution is 0.00645. The average Bonchev–Trinajstić information content (AvgIpc) is 3.11. The largest absolute Gasteiger partial charge is 0.444 e. The van der Waals surface area contributed by atoms with Crippen LogP contribution >= 0.6 is 0 Å². The summed E-state index contributed by atoms with van der Waals surface area (Å²) >= 11 is 0. The van der Waals surface area contributed by atoms with Gasteiger partial charge in [0.15, 0.2) is 0 Å². The third-order valence-electron chi connectivity index (χ3n) is 3.31. The predicted octanol–water partition coefficient (Wildman–Crippen LogP) is 1.76. The van der Waals surface area contributed by atoms with E-state index in [1.54, 1.807) is 0 Å². The monoisotopic (exact) mass is 270 g/mol. The van der Waals surface area contributed by atoms with Gasteiger partial charge in [-0.2, -0.15) is 0 Å². The minimum atomic E-state index is -0.434. The van der Waals surface area contributed by atoms with Gasteiger partial charge in [-0.3, -0.25) is 0 Å². The second kappa shape index (κ2) is 6.09. The summed E-state index contributed by atoms with van der Waals surface area (Å²) in [6.07, 6.45) is 3.54. The van der Waals surface area contributed by atoms with E-state index in [-0.39, 0.29) is 12.1 Å². The van der Waals surface area contributed by atoms with Crippen molar-refractivity contribution in [1.82, 2.24) is 10.2 Å². The number of nitrogens with zero attached hydrogens (tertiary/aromatic N) is 1. The van der Waals surface area contributed by atoms with Crippen molar-refractivity contribution >= 4 is 6.09 Å². The Balaban J connectivity index is 1.81. The average molecular weight is 270 g/mol. The van der Waals surface area contributed by atoms with Gasteiger partial charge in [0.05, 0.1) is 6.10 Å². The van der Waals surface area contributed by atoms with E-state index < -0.39 is 5.60 Å². The van der Waals surface area contributed by atoms with Gasteiger partial charge in [-0.1, -0.05) is 0 Å².